The van der Waals surface area contributed by atoms with E-state index in [9.17, 15) is 19.6 Å². The number of thiocarbonyl (C=S) groups is 1. The highest BCUT2D eigenvalue weighted by Gasteiger charge is 2.34. The van der Waals surface area contributed by atoms with Crippen LogP contribution in [-0.2, 0) is 27.3 Å². The van der Waals surface area contributed by atoms with Crippen LogP contribution < -0.4 is 19.9 Å². The third-order valence-corrected chi connectivity index (χ3v) is 9.31. The summed E-state index contributed by atoms with van der Waals surface area (Å²) in [5, 5.41) is 9.94. The predicted octanol–water partition coefficient (Wildman–Crippen LogP) is 4.68. The van der Waals surface area contributed by atoms with Gasteiger partial charge in [0.25, 0.3) is 11.5 Å². The first-order valence-electron chi connectivity index (χ1n) is 14.7. The first-order valence-corrected chi connectivity index (χ1v) is 16.0. The third-order valence-electron chi connectivity index (χ3n) is 7.93. The van der Waals surface area contributed by atoms with Crippen molar-refractivity contribution in [1.29, 1.82) is 5.26 Å². The van der Waals surface area contributed by atoms with Gasteiger partial charge < -0.3 is 19.1 Å². The summed E-state index contributed by atoms with van der Waals surface area (Å²) >= 11 is 6.83. The molecule has 10 nitrogen and oxygen atoms in total. The van der Waals surface area contributed by atoms with Crippen molar-refractivity contribution >= 4 is 52.1 Å². The first kappa shape index (κ1) is 33.1. The summed E-state index contributed by atoms with van der Waals surface area (Å²) in [5.41, 5.74) is 1.83. The second-order valence-electron chi connectivity index (χ2n) is 10.6. The molecule has 0 atom stereocenters. The number of anilines is 1. The van der Waals surface area contributed by atoms with Crippen molar-refractivity contribution in [2.75, 3.05) is 45.4 Å². The lowest BCUT2D eigenvalue weighted by Crippen LogP contribution is -2.41. The molecule has 4 rings (SSSR count). The number of nitriles is 1. The van der Waals surface area contributed by atoms with Crippen LogP contribution in [0.5, 0.6) is 11.5 Å². The summed E-state index contributed by atoms with van der Waals surface area (Å²) in [7, 11) is 3.16. The Morgan fingerprint density at radius 3 is 2.45 bits per heavy atom. The van der Waals surface area contributed by atoms with Gasteiger partial charge in [-0.05, 0) is 68.9 Å². The largest absolute Gasteiger partial charge is 0.493 e. The van der Waals surface area contributed by atoms with Gasteiger partial charge in [0.05, 0.1) is 31.6 Å². The zero-order chi connectivity index (χ0) is 32.0. The van der Waals surface area contributed by atoms with Crippen molar-refractivity contribution in [2.24, 2.45) is 5.92 Å². The lowest BCUT2D eigenvalue weighted by molar-refractivity contribution is -0.148. The number of aromatic nitrogens is 1. The van der Waals surface area contributed by atoms with E-state index in [0.29, 0.717) is 96.1 Å². The standard InChI is InChI=1S/C32H38N4O6S2/c1-6-13-35-28(34-14-11-22(12-15-34)31(39)42-7-2)23(20(3)24(19-33)29(35)37)18-27-30(38)36(32(43)44-27)16-10-21-8-9-25(40-4)26(17-21)41-5/h8-9,17-18,22H,6-7,10-16H2,1-5H3/b27-18+. The van der Waals surface area contributed by atoms with Crippen molar-refractivity contribution in [3.8, 4) is 17.6 Å². The molecule has 1 amide bonds. The zero-order valence-corrected chi connectivity index (χ0v) is 27.4. The molecule has 0 saturated carbocycles. The number of rotatable bonds is 11. The van der Waals surface area contributed by atoms with Crippen LogP contribution in [0.1, 0.15) is 55.4 Å². The number of hydrogen-bond donors (Lipinski definition) is 0. The molecule has 2 fully saturated rings. The predicted molar refractivity (Wildman–Crippen MR) is 175 cm³/mol. The number of hydrogen-bond acceptors (Lipinski definition) is 10. The lowest BCUT2D eigenvalue weighted by Gasteiger charge is -2.35. The molecule has 0 N–H and O–H groups in total. The minimum Gasteiger partial charge on any atom is -0.493 e. The summed E-state index contributed by atoms with van der Waals surface area (Å²) in [4.78, 5) is 43.7. The molecule has 1 aromatic heterocycles. The monoisotopic (exact) mass is 638 g/mol. The Morgan fingerprint density at radius 1 is 1.14 bits per heavy atom. The molecule has 234 valence electrons. The number of pyridine rings is 1. The van der Waals surface area contributed by atoms with Crippen LogP contribution in [0.2, 0.25) is 0 Å². The molecule has 12 heteroatoms. The maximum atomic E-state index is 13.7. The number of nitrogens with zero attached hydrogens (tertiary/aromatic N) is 4. The van der Waals surface area contributed by atoms with Gasteiger partial charge in [0.1, 0.15) is 21.8 Å². The highest BCUT2D eigenvalue weighted by atomic mass is 32.2. The van der Waals surface area contributed by atoms with Gasteiger partial charge in [-0.2, -0.15) is 5.26 Å². The van der Waals surface area contributed by atoms with E-state index in [1.165, 1.54) is 11.8 Å². The molecule has 0 bridgehead atoms. The van der Waals surface area contributed by atoms with E-state index in [1.54, 1.807) is 43.6 Å². The molecule has 3 heterocycles. The average molecular weight is 639 g/mol. The number of ether oxygens (including phenoxy) is 3. The van der Waals surface area contributed by atoms with Crippen LogP contribution >= 0.6 is 24.0 Å². The number of methoxy groups -OCH3 is 2. The van der Waals surface area contributed by atoms with Crippen LogP contribution in [0.25, 0.3) is 6.08 Å². The van der Waals surface area contributed by atoms with E-state index < -0.39 is 0 Å². The minimum absolute atomic E-state index is 0.0544. The fourth-order valence-electron chi connectivity index (χ4n) is 5.60. The molecule has 0 aliphatic carbocycles. The summed E-state index contributed by atoms with van der Waals surface area (Å²) in [5.74, 6) is 1.26. The summed E-state index contributed by atoms with van der Waals surface area (Å²) in [6, 6.07) is 7.73. The van der Waals surface area contributed by atoms with Crippen molar-refractivity contribution in [1.82, 2.24) is 9.47 Å². The lowest BCUT2D eigenvalue weighted by atomic mass is 9.95. The minimum atomic E-state index is -0.353. The van der Waals surface area contributed by atoms with E-state index in [1.807, 2.05) is 25.1 Å². The average Bonchev–Trinajstić information content (AvgIpc) is 3.29. The molecule has 1 aromatic carbocycles. The van der Waals surface area contributed by atoms with Crippen LogP contribution in [0.3, 0.4) is 0 Å². The fourth-order valence-corrected chi connectivity index (χ4v) is 6.89. The van der Waals surface area contributed by atoms with E-state index in [4.69, 9.17) is 26.4 Å². The molecule has 2 aliphatic rings. The van der Waals surface area contributed by atoms with E-state index >= 15 is 0 Å². The van der Waals surface area contributed by atoms with Crippen LogP contribution in [-0.4, -0.2) is 66.1 Å². The maximum absolute atomic E-state index is 13.7. The summed E-state index contributed by atoms with van der Waals surface area (Å²) in [6.07, 6.45) is 4.16. The molecule has 0 spiro atoms. The van der Waals surface area contributed by atoms with E-state index in [0.717, 1.165) is 5.56 Å². The number of benzene rings is 1. The number of esters is 1. The number of thioether (sulfide) groups is 1. The molecule has 2 aliphatic heterocycles. The Morgan fingerprint density at radius 2 is 1.84 bits per heavy atom. The fraction of sp³-hybridized carbons (Fsp3) is 0.469. The maximum Gasteiger partial charge on any atom is 0.309 e. The van der Waals surface area contributed by atoms with Gasteiger partial charge in [-0.3, -0.25) is 23.9 Å². The van der Waals surface area contributed by atoms with Crippen LogP contribution in [0.15, 0.2) is 27.9 Å². The smallest absolute Gasteiger partial charge is 0.309 e. The van der Waals surface area contributed by atoms with E-state index in [2.05, 4.69) is 11.0 Å². The molecule has 2 aromatic rings. The van der Waals surface area contributed by atoms with Crippen molar-refractivity contribution in [3.63, 3.8) is 0 Å². The highest BCUT2D eigenvalue weighted by molar-refractivity contribution is 8.26. The normalized spacial score (nSPS) is 16.4. The topological polar surface area (TPSA) is 114 Å². The van der Waals surface area contributed by atoms with Gasteiger partial charge in [0.2, 0.25) is 0 Å². The van der Waals surface area contributed by atoms with Crippen LogP contribution in [0, 0.1) is 24.2 Å². The second-order valence-corrected chi connectivity index (χ2v) is 12.3. The Bertz CT molecular complexity index is 1570. The Kier molecular flexibility index (Phi) is 11.1. The SMILES string of the molecule is CCCn1c(N2CCC(C(=O)OCC)CC2)c(/C=C2/SC(=S)N(CCc3ccc(OC)c(OC)c3)C2=O)c(C)c(C#N)c1=O. The summed E-state index contributed by atoms with van der Waals surface area (Å²) in [6.45, 7) is 7.70. The zero-order valence-electron chi connectivity index (χ0n) is 25.8. The molecule has 0 radical (unpaired) electrons. The Hall–Kier alpha value is -3.82. The van der Waals surface area contributed by atoms with Gasteiger partial charge in [-0.1, -0.05) is 37.0 Å². The van der Waals surface area contributed by atoms with Gasteiger partial charge in [0.15, 0.2) is 11.5 Å². The van der Waals surface area contributed by atoms with Crippen molar-refractivity contribution < 1.29 is 23.8 Å². The van der Waals surface area contributed by atoms with Crippen molar-refractivity contribution in [2.45, 2.75) is 53.0 Å². The number of piperidine rings is 1. The molecular formula is C32H38N4O6S2. The quantitative estimate of drug-likeness (QED) is 0.195. The van der Waals surface area contributed by atoms with E-state index in [-0.39, 0.29) is 28.9 Å². The number of carbonyl (C=O) groups is 2. The first-order chi connectivity index (χ1) is 21.2. The number of carbonyl (C=O) groups excluding carboxylic acids is 2. The number of amides is 1. The van der Waals surface area contributed by atoms with Gasteiger partial charge >= 0.3 is 5.97 Å². The highest BCUT2D eigenvalue weighted by Crippen LogP contribution is 2.37. The molecule has 0 unspecified atom stereocenters. The Balaban J connectivity index is 1.68. The molecule has 44 heavy (non-hydrogen) atoms. The Labute approximate surface area is 267 Å². The third kappa shape index (κ3) is 6.79. The van der Waals surface area contributed by atoms with Gasteiger partial charge in [-0.15, -0.1) is 0 Å². The van der Waals surface area contributed by atoms with Crippen molar-refractivity contribution in [3.05, 3.63) is 55.7 Å². The van der Waals surface area contributed by atoms with Gasteiger partial charge in [0, 0.05) is 31.7 Å². The molecule has 2 saturated heterocycles. The van der Waals surface area contributed by atoms with Crippen LogP contribution in [0.4, 0.5) is 5.82 Å². The van der Waals surface area contributed by atoms with Gasteiger partial charge in [-0.25, -0.2) is 0 Å². The second kappa shape index (κ2) is 14.8. The summed E-state index contributed by atoms with van der Waals surface area (Å²) < 4.78 is 18.1. The molecular weight excluding hydrogens is 601 g/mol.